The number of rotatable bonds is 10. The van der Waals surface area contributed by atoms with Gasteiger partial charge in [0.1, 0.15) is 0 Å². The van der Waals surface area contributed by atoms with Gasteiger partial charge in [0.15, 0.2) is 0 Å². The van der Waals surface area contributed by atoms with Crippen molar-refractivity contribution in [2.75, 3.05) is 13.1 Å². The molecule has 130 valence electrons. The molecule has 1 aromatic rings. The van der Waals surface area contributed by atoms with E-state index in [0.717, 1.165) is 18.4 Å². The number of nitrogens with two attached hydrogens (primary N) is 2. The van der Waals surface area contributed by atoms with E-state index >= 15 is 0 Å². The van der Waals surface area contributed by atoms with Crippen molar-refractivity contribution in [1.82, 2.24) is 5.32 Å². The van der Waals surface area contributed by atoms with Gasteiger partial charge in [-0.2, -0.15) is 0 Å². The Morgan fingerprint density at radius 2 is 1.87 bits per heavy atom. The van der Waals surface area contributed by atoms with E-state index in [1.807, 2.05) is 30.3 Å². The molecular weight excluding hydrogens is 316 g/mol. The summed E-state index contributed by atoms with van der Waals surface area (Å²) in [5.41, 5.74) is 12.2. The molecule has 7 N–H and O–H groups in total. The minimum Gasteiger partial charge on any atom is -1.00 e. The first-order chi connectivity index (χ1) is 10.5. The van der Waals surface area contributed by atoms with Crippen LogP contribution < -0.4 is 29.2 Å². The quantitative estimate of drug-likeness (QED) is 0.225. The van der Waals surface area contributed by atoms with Gasteiger partial charge in [-0.15, -0.1) is 0 Å². The Kier molecular flexibility index (Phi) is 11.7. The van der Waals surface area contributed by atoms with Gasteiger partial charge in [0.25, 0.3) is 0 Å². The summed E-state index contributed by atoms with van der Waals surface area (Å²) in [6.45, 7) is 0.764. The summed E-state index contributed by atoms with van der Waals surface area (Å²) in [7, 11) is -1.49. The van der Waals surface area contributed by atoms with Crippen LogP contribution in [0.5, 0.6) is 0 Å². The molecule has 0 radical (unpaired) electrons. The molecule has 0 aromatic heterocycles. The molecule has 8 heteroatoms. The first-order valence-electron chi connectivity index (χ1n) is 7.68. The molecule has 0 bridgehead atoms. The molecule has 23 heavy (non-hydrogen) atoms. The second kappa shape index (κ2) is 12.3. The van der Waals surface area contributed by atoms with Crippen LogP contribution in [0.15, 0.2) is 30.3 Å². The van der Waals surface area contributed by atoms with Crippen molar-refractivity contribution >= 4 is 13.0 Å². The van der Waals surface area contributed by atoms with Gasteiger partial charge >= 0.3 is 7.12 Å². The van der Waals surface area contributed by atoms with E-state index in [0.29, 0.717) is 19.4 Å². The molecule has 0 spiro atoms. The zero-order chi connectivity index (χ0) is 16.4. The minimum atomic E-state index is -1.49. The lowest BCUT2D eigenvalue weighted by atomic mass is 9.69. The van der Waals surface area contributed by atoms with Crippen molar-refractivity contribution in [3.63, 3.8) is 0 Å². The van der Waals surface area contributed by atoms with Crippen LogP contribution in [0.4, 0.5) is 0 Å². The summed E-state index contributed by atoms with van der Waals surface area (Å²) in [6.07, 6.45) is 2.70. The summed E-state index contributed by atoms with van der Waals surface area (Å²) < 4.78 is 0. The number of hydrogen-bond acceptors (Lipinski definition) is 5. The normalized spacial score (nSPS) is 12.9. The van der Waals surface area contributed by atoms with Crippen LogP contribution in [0.3, 0.4) is 0 Å². The third-order valence-corrected chi connectivity index (χ3v) is 3.61. The maximum atomic E-state index is 11.9. The van der Waals surface area contributed by atoms with E-state index in [9.17, 15) is 14.8 Å². The average Bonchev–Trinajstić information content (AvgIpc) is 2.51. The highest BCUT2D eigenvalue weighted by molar-refractivity contribution is 6.43. The summed E-state index contributed by atoms with van der Waals surface area (Å²) in [5.74, 6) is -0.738. The number of hydrogen-bond donors (Lipinski definition) is 5. The van der Waals surface area contributed by atoms with E-state index in [2.05, 4.69) is 5.32 Å². The van der Waals surface area contributed by atoms with Crippen molar-refractivity contribution in [3.05, 3.63) is 35.9 Å². The molecule has 6 nitrogen and oxygen atoms in total. The van der Waals surface area contributed by atoms with Crippen LogP contribution in [0, 0.1) is 0 Å². The monoisotopic (exact) mass is 342 g/mol. The molecule has 0 aliphatic rings. The van der Waals surface area contributed by atoms with Crippen LogP contribution in [-0.4, -0.2) is 42.2 Å². The van der Waals surface area contributed by atoms with E-state index in [-0.39, 0.29) is 24.9 Å². The Labute approximate surface area is 144 Å². The molecule has 0 heterocycles. The molecule has 0 aliphatic carbocycles. The molecule has 1 aromatic carbocycles. The maximum Gasteiger partial charge on any atom is 0.456 e. The Hall–Kier alpha value is -1.12. The zero-order valence-corrected chi connectivity index (χ0v) is 14.0. The van der Waals surface area contributed by atoms with E-state index < -0.39 is 19.0 Å². The molecule has 1 amide bonds. The summed E-state index contributed by atoms with van der Waals surface area (Å²) in [4.78, 5) is 11.9. The fourth-order valence-electron chi connectivity index (χ4n) is 2.20. The Morgan fingerprint density at radius 3 is 2.43 bits per heavy atom. The maximum absolute atomic E-state index is 11.9. The zero-order valence-electron chi connectivity index (χ0n) is 13.2. The van der Waals surface area contributed by atoms with Crippen molar-refractivity contribution < 1.29 is 27.2 Å². The van der Waals surface area contributed by atoms with Crippen molar-refractivity contribution in [1.29, 1.82) is 0 Å². The highest BCUT2D eigenvalue weighted by Crippen LogP contribution is 2.14. The first kappa shape index (κ1) is 21.9. The fourth-order valence-corrected chi connectivity index (χ4v) is 2.20. The SMILES string of the molecule is NCCCC[C@H](N)C(=O)NCC(Cc1ccccc1)B(O)O.[Cl-]. The third-order valence-electron chi connectivity index (χ3n) is 3.61. The largest absolute Gasteiger partial charge is 1.00 e. The summed E-state index contributed by atoms with van der Waals surface area (Å²) in [5, 5.41) is 21.6. The van der Waals surface area contributed by atoms with Gasteiger partial charge in [0, 0.05) is 12.4 Å². The number of halogens is 1. The number of carbonyl (C=O) groups is 1. The molecule has 0 saturated heterocycles. The molecule has 0 saturated carbocycles. The smallest absolute Gasteiger partial charge is 0.456 e. The molecule has 0 fully saturated rings. The van der Waals surface area contributed by atoms with Gasteiger partial charge in [-0.1, -0.05) is 36.8 Å². The van der Waals surface area contributed by atoms with Gasteiger partial charge in [-0.05, 0) is 31.4 Å². The van der Waals surface area contributed by atoms with E-state index in [1.165, 1.54) is 0 Å². The second-order valence-electron chi connectivity index (χ2n) is 5.50. The number of nitrogens with one attached hydrogen (secondary N) is 1. The van der Waals surface area contributed by atoms with Gasteiger partial charge in [0.2, 0.25) is 5.91 Å². The Balaban J connectivity index is 0.00000484. The number of amides is 1. The standard InChI is InChI=1S/C15H26BN3O3.ClH/c17-9-5-4-8-14(18)15(20)19-11-13(16(21)22)10-12-6-2-1-3-7-12;/h1-3,6-7,13-14,21-22H,4-5,8-11,17-18H2,(H,19,20);1H/p-1/t13?,14-;/m0./s1. The molecule has 1 rings (SSSR count). The Bertz CT molecular complexity index is 437. The molecule has 1 unspecified atom stereocenters. The average molecular weight is 343 g/mol. The minimum absolute atomic E-state index is 0. The summed E-state index contributed by atoms with van der Waals surface area (Å²) >= 11 is 0. The highest BCUT2D eigenvalue weighted by Gasteiger charge is 2.25. The number of carbonyl (C=O) groups excluding carboxylic acids is 1. The van der Waals surface area contributed by atoms with Gasteiger partial charge < -0.3 is 39.2 Å². The fraction of sp³-hybridized carbons (Fsp3) is 0.533. The third kappa shape index (κ3) is 8.93. The molecule has 2 atom stereocenters. The Morgan fingerprint density at radius 1 is 1.22 bits per heavy atom. The van der Waals surface area contributed by atoms with Crippen molar-refractivity contribution in [2.24, 2.45) is 11.5 Å². The highest BCUT2D eigenvalue weighted by atomic mass is 35.5. The second-order valence-corrected chi connectivity index (χ2v) is 5.50. The van der Waals surface area contributed by atoms with Gasteiger partial charge in [0.05, 0.1) is 6.04 Å². The van der Waals surface area contributed by atoms with Crippen LogP contribution in [-0.2, 0) is 11.2 Å². The van der Waals surface area contributed by atoms with Crippen LogP contribution in [0.2, 0.25) is 5.82 Å². The number of unbranched alkanes of at least 4 members (excludes halogenated alkanes) is 1. The van der Waals surface area contributed by atoms with Crippen molar-refractivity contribution in [3.8, 4) is 0 Å². The topological polar surface area (TPSA) is 122 Å². The summed E-state index contributed by atoms with van der Waals surface area (Å²) in [6, 6.07) is 8.92. The molecular formula is C15H26BClN3O3-. The predicted molar refractivity (Wildman–Crippen MR) is 88.0 cm³/mol. The van der Waals surface area contributed by atoms with Crippen LogP contribution >= 0.6 is 0 Å². The lowest BCUT2D eigenvalue weighted by molar-refractivity contribution is -0.122. The lowest BCUT2D eigenvalue weighted by Gasteiger charge is -2.18. The lowest BCUT2D eigenvalue weighted by Crippen LogP contribution is -3.00. The number of benzene rings is 1. The van der Waals surface area contributed by atoms with Crippen LogP contribution in [0.1, 0.15) is 24.8 Å². The van der Waals surface area contributed by atoms with Crippen molar-refractivity contribution in [2.45, 2.75) is 37.5 Å². The van der Waals surface area contributed by atoms with E-state index in [1.54, 1.807) is 0 Å². The van der Waals surface area contributed by atoms with E-state index in [4.69, 9.17) is 11.5 Å². The van der Waals surface area contributed by atoms with Crippen LogP contribution in [0.25, 0.3) is 0 Å². The molecule has 0 aliphatic heterocycles. The first-order valence-corrected chi connectivity index (χ1v) is 7.68. The predicted octanol–water partition coefficient (Wildman–Crippen LogP) is -3.35. The van der Waals surface area contributed by atoms with Gasteiger partial charge in [-0.25, -0.2) is 0 Å². The van der Waals surface area contributed by atoms with Gasteiger partial charge in [-0.3, -0.25) is 4.79 Å².